The summed E-state index contributed by atoms with van der Waals surface area (Å²) in [5.41, 5.74) is 1.22. The van der Waals surface area contributed by atoms with Crippen molar-refractivity contribution in [1.82, 2.24) is 0 Å². The van der Waals surface area contributed by atoms with E-state index in [1.54, 1.807) is 37.3 Å². The van der Waals surface area contributed by atoms with E-state index in [2.05, 4.69) is 11.3 Å². The maximum Gasteiger partial charge on any atom is 0.257 e. The molecule has 0 amide bonds. The first-order valence-electron chi connectivity index (χ1n) is 7.07. The van der Waals surface area contributed by atoms with Crippen molar-refractivity contribution in [3.63, 3.8) is 0 Å². The standard InChI is InChI=1S/C16H17ClN2O4S2/c1-11-3-8-15(16(9-11)24(18,20)21)19-25(22,23)12(2)10-13-4-6-14(17)7-5-13/h3-9,19H,2,10H2,1H3,(H2,18,20,21). The lowest BCUT2D eigenvalue weighted by atomic mass is 10.1. The average Bonchev–Trinajstić information content (AvgIpc) is 2.50. The molecule has 0 aliphatic heterocycles. The first-order chi connectivity index (χ1) is 11.5. The molecule has 0 atom stereocenters. The lowest BCUT2D eigenvalue weighted by Crippen LogP contribution is -2.20. The molecule has 2 aromatic rings. The average molecular weight is 401 g/mol. The summed E-state index contributed by atoms with van der Waals surface area (Å²) in [6.07, 6.45) is 0.0586. The second-order valence-electron chi connectivity index (χ2n) is 5.49. The van der Waals surface area contributed by atoms with Crippen LogP contribution in [0, 0.1) is 6.92 Å². The summed E-state index contributed by atoms with van der Waals surface area (Å²) < 4.78 is 50.6. The number of primary sulfonamides is 1. The Morgan fingerprint density at radius 2 is 1.72 bits per heavy atom. The van der Waals surface area contributed by atoms with Gasteiger partial charge < -0.3 is 0 Å². The quantitative estimate of drug-likeness (QED) is 0.777. The molecule has 0 heterocycles. The van der Waals surface area contributed by atoms with Crippen LogP contribution in [0.15, 0.2) is 58.8 Å². The van der Waals surface area contributed by atoms with Crippen LogP contribution in [0.3, 0.4) is 0 Å². The molecule has 0 spiro atoms. The molecule has 9 heteroatoms. The van der Waals surface area contributed by atoms with Crippen LogP contribution in [-0.2, 0) is 26.5 Å². The smallest absolute Gasteiger partial charge is 0.257 e. The van der Waals surface area contributed by atoms with Crippen molar-refractivity contribution in [2.75, 3.05) is 4.72 Å². The van der Waals surface area contributed by atoms with Gasteiger partial charge in [-0.15, -0.1) is 0 Å². The van der Waals surface area contributed by atoms with Gasteiger partial charge >= 0.3 is 0 Å². The summed E-state index contributed by atoms with van der Waals surface area (Å²) in [7, 11) is -8.10. The number of nitrogens with two attached hydrogens (primary N) is 1. The van der Waals surface area contributed by atoms with E-state index in [9.17, 15) is 16.8 Å². The van der Waals surface area contributed by atoms with Gasteiger partial charge in [0, 0.05) is 11.4 Å². The molecule has 0 saturated carbocycles. The number of allylic oxidation sites excluding steroid dienone is 1. The van der Waals surface area contributed by atoms with Crippen LogP contribution in [0.1, 0.15) is 11.1 Å². The van der Waals surface area contributed by atoms with E-state index >= 15 is 0 Å². The van der Waals surface area contributed by atoms with Crippen LogP contribution in [0.25, 0.3) is 0 Å². The van der Waals surface area contributed by atoms with Crippen molar-refractivity contribution in [3.05, 3.63) is 70.1 Å². The Hall–Kier alpha value is -1.87. The summed E-state index contributed by atoms with van der Waals surface area (Å²) in [6.45, 7) is 5.26. The highest BCUT2D eigenvalue weighted by atomic mass is 35.5. The van der Waals surface area contributed by atoms with Gasteiger partial charge in [-0.05, 0) is 42.3 Å². The lowest BCUT2D eigenvalue weighted by Gasteiger charge is -2.14. The number of rotatable bonds is 6. The molecule has 134 valence electrons. The predicted molar refractivity (Wildman–Crippen MR) is 99.4 cm³/mol. The van der Waals surface area contributed by atoms with Gasteiger partial charge in [0.15, 0.2) is 0 Å². The van der Waals surface area contributed by atoms with Crippen LogP contribution in [-0.4, -0.2) is 16.8 Å². The molecule has 0 bridgehead atoms. The molecule has 0 saturated heterocycles. The van der Waals surface area contributed by atoms with Gasteiger partial charge in [-0.2, -0.15) is 0 Å². The second kappa shape index (κ2) is 7.17. The molecular formula is C16H17ClN2O4S2. The molecule has 25 heavy (non-hydrogen) atoms. The number of halogens is 1. The lowest BCUT2D eigenvalue weighted by molar-refractivity contribution is 0.598. The number of benzene rings is 2. The zero-order valence-corrected chi connectivity index (χ0v) is 15.7. The number of nitrogens with one attached hydrogen (secondary N) is 1. The number of hydrogen-bond acceptors (Lipinski definition) is 4. The first kappa shape index (κ1) is 19.5. The topological polar surface area (TPSA) is 106 Å². The highest BCUT2D eigenvalue weighted by Crippen LogP contribution is 2.25. The largest absolute Gasteiger partial charge is 0.279 e. The van der Waals surface area contributed by atoms with E-state index in [0.29, 0.717) is 16.1 Å². The number of hydrogen-bond donors (Lipinski definition) is 2. The van der Waals surface area contributed by atoms with Crippen molar-refractivity contribution in [1.29, 1.82) is 0 Å². The molecule has 0 aliphatic rings. The van der Waals surface area contributed by atoms with E-state index in [1.165, 1.54) is 12.1 Å². The van der Waals surface area contributed by atoms with Crippen LogP contribution in [0.4, 0.5) is 5.69 Å². The summed E-state index contributed by atoms with van der Waals surface area (Å²) in [5.74, 6) is 0. The maximum absolute atomic E-state index is 12.5. The van der Waals surface area contributed by atoms with Crippen molar-refractivity contribution >= 4 is 37.3 Å². The minimum absolute atomic E-state index is 0.0586. The fraction of sp³-hybridized carbons (Fsp3) is 0.125. The predicted octanol–water partition coefficient (Wildman–Crippen LogP) is 2.79. The Kier molecular flexibility index (Phi) is 5.58. The minimum atomic E-state index is -4.09. The highest BCUT2D eigenvalue weighted by molar-refractivity contribution is 7.96. The zero-order valence-electron chi connectivity index (χ0n) is 13.4. The Labute approximate surface area is 152 Å². The summed E-state index contributed by atoms with van der Waals surface area (Å²) in [6, 6.07) is 10.9. The molecule has 0 radical (unpaired) electrons. The maximum atomic E-state index is 12.5. The normalized spacial score (nSPS) is 12.0. The van der Waals surface area contributed by atoms with Gasteiger partial charge in [0.2, 0.25) is 10.0 Å². The Morgan fingerprint density at radius 3 is 2.28 bits per heavy atom. The number of aryl methyl sites for hydroxylation is 1. The molecule has 0 aliphatic carbocycles. The van der Waals surface area contributed by atoms with Gasteiger partial charge in [-0.3, -0.25) is 4.72 Å². The van der Waals surface area contributed by atoms with Crippen LogP contribution in [0.2, 0.25) is 5.02 Å². The van der Waals surface area contributed by atoms with Crippen LogP contribution < -0.4 is 9.86 Å². The van der Waals surface area contributed by atoms with E-state index < -0.39 is 20.0 Å². The Balaban J connectivity index is 2.30. The van der Waals surface area contributed by atoms with E-state index in [-0.39, 0.29) is 21.9 Å². The highest BCUT2D eigenvalue weighted by Gasteiger charge is 2.21. The van der Waals surface area contributed by atoms with Crippen molar-refractivity contribution in [2.24, 2.45) is 5.14 Å². The van der Waals surface area contributed by atoms with E-state index in [0.717, 1.165) is 0 Å². The van der Waals surface area contributed by atoms with Gasteiger partial charge in [-0.25, -0.2) is 22.0 Å². The summed E-state index contributed by atoms with van der Waals surface area (Å²) >= 11 is 5.80. The Morgan fingerprint density at radius 1 is 1.12 bits per heavy atom. The van der Waals surface area contributed by atoms with Crippen molar-refractivity contribution < 1.29 is 16.8 Å². The molecule has 0 aromatic heterocycles. The number of anilines is 1. The molecule has 0 fully saturated rings. The molecule has 2 rings (SSSR count). The third-order valence-corrected chi connectivity index (χ3v) is 5.98. The summed E-state index contributed by atoms with van der Waals surface area (Å²) in [4.78, 5) is -0.411. The van der Waals surface area contributed by atoms with E-state index in [1.807, 2.05) is 0 Å². The van der Waals surface area contributed by atoms with Gasteiger partial charge in [0.05, 0.1) is 10.6 Å². The van der Waals surface area contributed by atoms with Crippen LogP contribution in [0.5, 0.6) is 0 Å². The fourth-order valence-electron chi connectivity index (χ4n) is 2.09. The van der Waals surface area contributed by atoms with Gasteiger partial charge in [0.25, 0.3) is 10.0 Å². The van der Waals surface area contributed by atoms with Crippen molar-refractivity contribution in [2.45, 2.75) is 18.2 Å². The van der Waals surface area contributed by atoms with Gasteiger partial charge in [0.1, 0.15) is 4.90 Å². The minimum Gasteiger partial charge on any atom is -0.279 e. The Bertz CT molecular complexity index is 1010. The fourth-order valence-corrected chi connectivity index (χ4v) is 4.03. The van der Waals surface area contributed by atoms with Gasteiger partial charge in [-0.1, -0.05) is 36.4 Å². The zero-order chi connectivity index (χ0) is 18.8. The number of sulfonamides is 2. The molecule has 6 nitrogen and oxygen atoms in total. The third kappa shape index (κ3) is 5.05. The third-order valence-electron chi connectivity index (χ3n) is 3.38. The van der Waals surface area contributed by atoms with Crippen molar-refractivity contribution in [3.8, 4) is 0 Å². The molecule has 0 unspecified atom stereocenters. The monoisotopic (exact) mass is 400 g/mol. The molecule has 2 aromatic carbocycles. The molecular weight excluding hydrogens is 384 g/mol. The van der Waals surface area contributed by atoms with Crippen LogP contribution >= 0.6 is 11.6 Å². The summed E-state index contributed by atoms with van der Waals surface area (Å²) in [5, 5.41) is 5.70. The SMILES string of the molecule is C=C(Cc1ccc(Cl)cc1)S(=O)(=O)Nc1ccc(C)cc1S(N)(=O)=O. The first-order valence-corrected chi connectivity index (χ1v) is 10.5. The second-order valence-corrected chi connectivity index (χ2v) is 9.25. The molecule has 3 N–H and O–H groups in total. The van der Waals surface area contributed by atoms with E-state index in [4.69, 9.17) is 16.7 Å².